The van der Waals surface area contributed by atoms with Crippen LogP contribution in [-0.2, 0) is 13.1 Å². The Morgan fingerprint density at radius 2 is 1.88 bits per heavy atom. The van der Waals surface area contributed by atoms with Gasteiger partial charge in [0.05, 0.1) is 11.9 Å². The zero-order valence-corrected chi connectivity index (χ0v) is 17.8. The van der Waals surface area contributed by atoms with Gasteiger partial charge in [0.1, 0.15) is 5.75 Å². The Hall–Kier alpha value is -3.99. The molecule has 0 bridgehead atoms. The number of rotatable bonds is 5. The van der Waals surface area contributed by atoms with Crippen molar-refractivity contribution in [2.75, 3.05) is 0 Å². The van der Waals surface area contributed by atoms with Crippen LogP contribution in [-0.4, -0.2) is 14.9 Å². The molecule has 0 fully saturated rings. The highest BCUT2D eigenvalue weighted by Gasteiger charge is 2.25. The Labute approximate surface area is 186 Å². The van der Waals surface area contributed by atoms with Crippen LogP contribution in [0.25, 0.3) is 17.0 Å². The molecule has 5 rings (SSSR count). The molecule has 0 spiro atoms. The highest BCUT2D eigenvalue weighted by Crippen LogP contribution is 2.37. The number of para-hydroxylation sites is 1. The van der Waals surface area contributed by atoms with E-state index in [1.54, 1.807) is 36.8 Å². The summed E-state index contributed by atoms with van der Waals surface area (Å²) < 4.78 is 19.5. The Morgan fingerprint density at radius 1 is 1.06 bits per heavy atom. The van der Waals surface area contributed by atoms with Crippen molar-refractivity contribution in [3.8, 4) is 22.8 Å². The number of aryl methyl sites for hydroxylation is 1. The van der Waals surface area contributed by atoms with Crippen LogP contribution in [0.3, 0.4) is 0 Å². The average molecular weight is 423 g/mol. The van der Waals surface area contributed by atoms with E-state index in [-0.39, 0.29) is 11.6 Å². The van der Waals surface area contributed by atoms with Gasteiger partial charge in [0, 0.05) is 42.3 Å². The zero-order chi connectivity index (χ0) is 22.1. The van der Waals surface area contributed by atoms with Gasteiger partial charge in [-0.3, -0.25) is 9.97 Å². The number of benzene rings is 3. The lowest BCUT2D eigenvalue weighted by Crippen LogP contribution is -2.14. The molecule has 4 nitrogen and oxygen atoms in total. The first-order valence-electron chi connectivity index (χ1n) is 10.4. The molecule has 1 aliphatic heterocycles. The normalized spacial score (nSPS) is 12.7. The maximum Gasteiger partial charge on any atom is 0.165 e. The first kappa shape index (κ1) is 19.9. The first-order valence-corrected chi connectivity index (χ1v) is 10.4. The third kappa shape index (κ3) is 3.85. The first-order chi connectivity index (χ1) is 15.6. The van der Waals surface area contributed by atoms with Crippen molar-refractivity contribution in [2.45, 2.75) is 20.0 Å². The topological polar surface area (TPSA) is 38.2 Å². The van der Waals surface area contributed by atoms with Crippen LogP contribution in [0.15, 0.2) is 85.8 Å². The maximum absolute atomic E-state index is 13.8. The van der Waals surface area contributed by atoms with Crippen molar-refractivity contribution in [2.24, 2.45) is 0 Å². The van der Waals surface area contributed by atoms with E-state index in [0.29, 0.717) is 5.75 Å². The molecule has 5 heteroatoms. The predicted octanol–water partition coefficient (Wildman–Crippen LogP) is 6.37. The summed E-state index contributed by atoms with van der Waals surface area (Å²) in [6, 6.07) is 18.5. The second-order valence-corrected chi connectivity index (χ2v) is 7.90. The third-order valence-corrected chi connectivity index (χ3v) is 5.67. The number of halogens is 1. The minimum absolute atomic E-state index is 0.220. The van der Waals surface area contributed by atoms with Gasteiger partial charge in [-0.05, 0) is 60.0 Å². The van der Waals surface area contributed by atoms with Gasteiger partial charge in [-0.15, -0.1) is 0 Å². The fourth-order valence-corrected chi connectivity index (χ4v) is 4.14. The predicted molar refractivity (Wildman–Crippen MR) is 123 cm³/mol. The van der Waals surface area contributed by atoms with E-state index < -0.39 is 0 Å². The number of nitrogens with zero attached hydrogens (tertiary/aromatic N) is 3. The summed E-state index contributed by atoms with van der Waals surface area (Å²) in [6.07, 6.45) is 5.18. The van der Waals surface area contributed by atoms with Gasteiger partial charge in [0.25, 0.3) is 0 Å². The molecule has 3 aromatic carbocycles. The van der Waals surface area contributed by atoms with Gasteiger partial charge in [0.15, 0.2) is 11.6 Å². The number of fused-ring (bicyclic) bond motifs is 1. The highest BCUT2D eigenvalue weighted by atomic mass is 19.1. The molecule has 0 unspecified atom stereocenters. The summed E-state index contributed by atoms with van der Waals surface area (Å²) in [5.41, 5.74) is 7.73. The van der Waals surface area contributed by atoms with Crippen LogP contribution in [0.2, 0.25) is 0 Å². The molecule has 0 aliphatic carbocycles. The Kier molecular flexibility index (Phi) is 5.15. The molecular formula is C27H22FN3O. The maximum atomic E-state index is 13.8. The number of hydrogen-bond acceptors (Lipinski definition) is 4. The second kappa shape index (κ2) is 8.27. The minimum Gasteiger partial charge on any atom is -0.454 e. The SMILES string of the molecule is C=C1c2c(C)cc(-c3cnccn3)cc2CN1Cc1ccc(Oc2ccccc2F)cc1. The molecule has 0 amide bonds. The summed E-state index contributed by atoms with van der Waals surface area (Å²) in [4.78, 5) is 10.9. The Balaban J connectivity index is 1.32. The van der Waals surface area contributed by atoms with Crippen molar-refractivity contribution >= 4 is 5.70 Å². The summed E-state index contributed by atoms with van der Waals surface area (Å²) in [5.74, 6) is 0.448. The van der Waals surface area contributed by atoms with Gasteiger partial charge in [-0.25, -0.2) is 4.39 Å². The van der Waals surface area contributed by atoms with Gasteiger partial charge in [-0.2, -0.15) is 0 Å². The lowest BCUT2D eigenvalue weighted by atomic mass is 9.98. The van der Waals surface area contributed by atoms with Crippen molar-refractivity contribution in [3.05, 3.63) is 114 Å². The largest absolute Gasteiger partial charge is 0.454 e. The van der Waals surface area contributed by atoms with Crippen molar-refractivity contribution in [1.29, 1.82) is 0 Å². The molecule has 0 saturated heterocycles. The number of hydrogen-bond donors (Lipinski definition) is 0. The van der Waals surface area contributed by atoms with E-state index in [2.05, 4.69) is 40.5 Å². The van der Waals surface area contributed by atoms with E-state index >= 15 is 0 Å². The lowest BCUT2D eigenvalue weighted by Gasteiger charge is -2.20. The standard InChI is InChI=1S/C27H22FN3O/c1-18-13-21(25-15-29-11-12-30-25)14-22-17-31(19(2)27(18)22)16-20-7-9-23(10-8-20)32-26-6-4-3-5-24(26)28/h3-15H,2,16-17H2,1H3. The smallest absolute Gasteiger partial charge is 0.165 e. The molecule has 1 aliphatic rings. The molecule has 2 heterocycles. The summed E-state index contributed by atoms with van der Waals surface area (Å²) in [5, 5.41) is 0. The van der Waals surface area contributed by atoms with E-state index in [9.17, 15) is 4.39 Å². The monoisotopic (exact) mass is 423 g/mol. The highest BCUT2D eigenvalue weighted by molar-refractivity contribution is 5.75. The molecule has 0 saturated carbocycles. The molecule has 1 aromatic heterocycles. The van der Waals surface area contributed by atoms with Gasteiger partial charge in [0.2, 0.25) is 0 Å². The van der Waals surface area contributed by atoms with Crippen molar-refractivity contribution in [1.82, 2.24) is 14.9 Å². The molecule has 4 aromatic rings. The van der Waals surface area contributed by atoms with E-state index in [4.69, 9.17) is 4.74 Å². The van der Waals surface area contributed by atoms with Crippen LogP contribution in [0, 0.1) is 12.7 Å². The molecule has 158 valence electrons. The molecule has 0 radical (unpaired) electrons. The van der Waals surface area contributed by atoms with E-state index in [1.165, 1.54) is 22.8 Å². The average Bonchev–Trinajstić information content (AvgIpc) is 3.12. The second-order valence-electron chi connectivity index (χ2n) is 7.90. The van der Waals surface area contributed by atoms with Crippen LogP contribution in [0.5, 0.6) is 11.5 Å². The fraction of sp³-hybridized carbons (Fsp3) is 0.111. The summed E-state index contributed by atoms with van der Waals surface area (Å²) in [7, 11) is 0. The molecular weight excluding hydrogens is 401 g/mol. The Bertz CT molecular complexity index is 1290. The minimum atomic E-state index is -0.376. The van der Waals surface area contributed by atoms with Crippen LogP contribution < -0.4 is 4.74 Å². The number of ether oxygens (including phenoxy) is 1. The molecule has 0 N–H and O–H groups in total. The fourth-order valence-electron chi connectivity index (χ4n) is 4.14. The number of aromatic nitrogens is 2. The molecule has 32 heavy (non-hydrogen) atoms. The van der Waals surface area contributed by atoms with Crippen LogP contribution in [0.1, 0.15) is 22.3 Å². The van der Waals surface area contributed by atoms with Crippen LogP contribution in [0.4, 0.5) is 4.39 Å². The zero-order valence-electron chi connectivity index (χ0n) is 17.8. The Morgan fingerprint density at radius 3 is 2.62 bits per heavy atom. The van der Waals surface area contributed by atoms with E-state index in [0.717, 1.165) is 35.6 Å². The van der Waals surface area contributed by atoms with Gasteiger partial charge >= 0.3 is 0 Å². The van der Waals surface area contributed by atoms with Crippen molar-refractivity contribution in [3.63, 3.8) is 0 Å². The lowest BCUT2D eigenvalue weighted by molar-refractivity contribution is 0.403. The van der Waals surface area contributed by atoms with Gasteiger partial charge < -0.3 is 9.64 Å². The summed E-state index contributed by atoms with van der Waals surface area (Å²) >= 11 is 0. The van der Waals surface area contributed by atoms with Crippen LogP contribution >= 0.6 is 0 Å². The summed E-state index contributed by atoms with van der Waals surface area (Å²) in [6.45, 7) is 7.98. The van der Waals surface area contributed by atoms with Crippen molar-refractivity contribution < 1.29 is 9.13 Å². The molecule has 0 atom stereocenters. The van der Waals surface area contributed by atoms with Gasteiger partial charge in [-0.1, -0.05) is 30.8 Å². The quantitative estimate of drug-likeness (QED) is 0.374. The third-order valence-electron chi connectivity index (χ3n) is 5.67. The van der Waals surface area contributed by atoms with E-state index in [1.807, 2.05) is 24.3 Å².